The number of aliphatic carboxylic acids is 1. The number of carbonyl (C=O) groups is 3. The SMILES string of the molecule is CC(C)(C)OC(=O)CCCCC[C@H](NC(=O)c1cccs1)C(=O)O. The molecule has 24 heavy (non-hydrogen) atoms. The quantitative estimate of drug-likeness (QED) is 0.524. The molecule has 0 aliphatic carbocycles. The van der Waals surface area contributed by atoms with E-state index in [0.29, 0.717) is 37.0 Å². The van der Waals surface area contributed by atoms with E-state index < -0.39 is 17.6 Å². The average Bonchev–Trinajstić information content (AvgIpc) is 2.97. The van der Waals surface area contributed by atoms with Crippen LogP contribution in [0.4, 0.5) is 0 Å². The second-order valence-electron chi connectivity index (χ2n) is 6.53. The Kier molecular flexibility index (Phi) is 7.91. The topological polar surface area (TPSA) is 92.7 Å². The maximum absolute atomic E-state index is 11.9. The molecule has 1 rings (SSSR count). The van der Waals surface area contributed by atoms with Crippen LogP contribution in [0.5, 0.6) is 0 Å². The minimum Gasteiger partial charge on any atom is -0.480 e. The summed E-state index contributed by atoms with van der Waals surface area (Å²) in [5.74, 6) is -1.67. The second-order valence-corrected chi connectivity index (χ2v) is 7.48. The van der Waals surface area contributed by atoms with E-state index >= 15 is 0 Å². The number of esters is 1. The van der Waals surface area contributed by atoms with Crippen LogP contribution in [0, 0.1) is 0 Å². The molecule has 0 aliphatic rings. The highest BCUT2D eigenvalue weighted by molar-refractivity contribution is 7.12. The minimum atomic E-state index is -1.05. The van der Waals surface area contributed by atoms with Crippen LogP contribution in [0.3, 0.4) is 0 Å². The molecule has 0 aromatic carbocycles. The van der Waals surface area contributed by atoms with Gasteiger partial charge in [-0.1, -0.05) is 18.9 Å². The molecule has 1 heterocycles. The fourth-order valence-electron chi connectivity index (χ4n) is 2.08. The number of rotatable bonds is 9. The van der Waals surface area contributed by atoms with Crippen molar-refractivity contribution in [2.45, 2.75) is 64.5 Å². The van der Waals surface area contributed by atoms with E-state index in [-0.39, 0.29) is 11.9 Å². The maximum atomic E-state index is 11.9. The zero-order valence-corrected chi connectivity index (χ0v) is 15.1. The lowest BCUT2D eigenvalue weighted by molar-refractivity contribution is -0.155. The standard InChI is InChI=1S/C17H25NO5S/c1-17(2,3)23-14(19)10-6-4-5-8-12(16(21)22)18-15(20)13-9-7-11-24-13/h7,9,11-12H,4-6,8,10H2,1-3H3,(H,18,20)(H,21,22)/t12-/m0/s1. The van der Waals surface area contributed by atoms with Crippen molar-refractivity contribution in [3.8, 4) is 0 Å². The Morgan fingerprint density at radius 3 is 2.50 bits per heavy atom. The van der Waals surface area contributed by atoms with E-state index in [1.165, 1.54) is 11.3 Å². The van der Waals surface area contributed by atoms with Crippen LogP contribution >= 0.6 is 11.3 Å². The Hall–Kier alpha value is -1.89. The van der Waals surface area contributed by atoms with Gasteiger partial charge in [0.05, 0.1) is 4.88 Å². The molecule has 1 aromatic heterocycles. The molecule has 1 amide bonds. The van der Waals surface area contributed by atoms with Crippen molar-refractivity contribution in [3.63, 3.8) is 0 Å². The molecule has 1 aromatic rings. The Morgan fingerprint density at radius 2 is 1.96 bits per heavy atom. The van der Waals surface area contributed by atoms with E-state index in [1.807, 2.05) is 20.8 Å². The number of nitrogens with one attached hydrogen (secondary N) is 1. The predicted molar refractivity (Wildman–Crippen MR) is 92.1 cm³/mol. The van der Waals surface area contributed by atoms with E-state index in [0.717, 1.165) is 0 Å². The number of carboxylic acid groups (broad SMARTS) is 1. The molecule has 0 bridgehead atoms. The van der Waals surface area contributed by atoms with Crippen LogP contribution in [0.1, 0.15) is 62.5 Å². The van der Waals surface area contributed by atoms with Crippen molar-refractivity contribution in [1.82, 2.24) is 5.32 Å². The van der Waals surface area contributed by atoms with Crippen molar-refractivity contribution in [1.29, 1.82) is 0 Å². The fraction of sp³-hybridized carbons (Fsp3) is 0.588. The molecule has 0 radical (unpaired) electrons. The fourth-order valence-corrected chi connectivity index (χ4v) is 2.71. The first-order valence-corrected chi connectivity index (χ1v) is 8.86. The van der Waals surface area contributed by atoms with Crippen molar-refractivity contribution in [2.24, 2.45) is 0 Å². The molecule has 0 saturated carbocycles. The molecule has 7 heteroatoms. The van der Waals surface area contributed by atoms with Crippen molar-refractivity contribution in [3.05, 3.63) is 22.4 Å². The maximum Gasteiger partial charge on any atom is 0.326 e. The molecule has 2 N–H and O–H groups in total. The number of amides is 1. The van der Waals surface area contributed by atoms with Gasteiger partial charge in [-0.05, 0) is 45.1 Å². The summed E-state index contributed by atoms with van der Waals surface area (Å²) in [7, 11) is 0. The smallest absolute Gasteiger partial charge is 0.326 e. The minimum absolute atomic E-state index is 0.247. The summed E-state index contributed by atoms with van der Waals surface area (Å²) in [6, 6.07) is 2.48. The molecule has 0 fully saturated rings. The first-order valence-electron chi connectivity index (χ1n) is 7.98. The van der Waals surface area contributed by atoms with Gasteiger partial charge in [-0.3, -0.25) is 9.59 Å². The Morgan fingerprint density at radius 1 is 1.25 bits per heavy atom. The summed E-state index contributed by atoms with van der Waals surface area (Å²) < 4.78 is 5.21. The van der Waals surface area contributed by atoms with E-state index in [9.17, 15) is 19.5 Å². The van der Waals surface area contributed by atoms with Gasteiger partial charge >= 0.3 is 11.9 Å². The third-order valence-electron chi connectivity index (χ3n) is 3.14. The average molecular weight is 355 g/mol. The van der Waals surface area contributed by atoms with E-state index in [4.69, 9.17) is 4.74 Å². The lowest BCUT2D eigenvalue weighted by Crippen LogP contribution is -2.40. The normalized spacial score (nSPS) is 12.5. The van der Waals surface area contributed by atoms with Gasteiger partial charge in [0.2, 0.25) is 0 Å². The summed E-state index contributed by atoms with van der Waals surface area (Å²) >= 11 is 1.27. The summed E-state index contributed by atoms with van der Waals surface area (Å²) in [5, 5.41) is 13.5. The molecule has 0 spiro atoms. The summed E-state index contributed by atoms with van der Waals surface area (Å²) in [6.07, 6.45) is 2.61. The number of carbonyl (C=O) groups excluding carboxylic acids is 2. The van der Waals surface area contributed by atoms with Crippen LogP contribution in [-0.4, -0.2) is 34.6 Å². The van der Waals surface area contributed by atoms with Crippen LogP contribution in [-0.2, 0) is 14.3 Å². The number of unbranched alkanes of at least 4 members (excludes halogenated alkanes) is 2. The van der Waals surface area contributed by atoms with Crippen LogP contribution in [0.15, 0.2) is 17.5 Å². The van der Waals surface area contributed by atoms with Gasteiger partial charge in [-0.15, -0.1) is 11.3 Å². The van der Waals surface area contributed by atoms with Gasteiger partial charge in [0.25, 0.3) is 5.91 Å². The van der Waals surface area contributed by atoms with Gasteiger partial charge in [0, 0.05) is 6.42 Å². The van der Waals surface area contributed by atoms with Gasteiger partial charge < -0.3 is 15.2 Å². The third kappa shape index (κ3) is 8.10. The molecule has 6 nitrogen and oxygen atoms in total. The molecule has 0 saturated heterocycles. The molecular formula is C17H25NO5S. The third-order valence-corrected chi connectivity index (χ3v) is 4.01. The number of carboxylic acids is 1. The molecule has 0 unspecified atom stereocenters. The second kappa shape index (κ2) is 9.42. The first-order chi connectivity index (χ1) is 11.2. The number of thiophene rings is 1. The molecule has 1 atom stereocenters. The largest absolute Gasteiger partial charge is 0.480 e. The zero-order chi connectivity index (χ0) is 18.2. The number of hydrogen-bond donors (Lipinski definition) is 2. The molecular weight excluding hydrogens is 330 g/mol. The van der Waals surface area contributed by atoms with Crippen LogP contribution < -0.4 is 5.32 Å². The molecule has 134 valence electrons. The Balaban J connectivity index is 2.28. The Labute approximate surface area is 146 Å². The number of hydrogen-bond acceptors (Lipinski definition) is 5. The van der Waals surface area contributed by atoms with Gasteiger partial charge in [-0.2, -0.15) is 0 Å². The van der Waals surface area contributed by atoms with Crippen LogP contribution in [0.2, 0.25) is 0 Å². The summed E-state index contributed by atoms with van der Waals surface area (Å²) in [4.78, 5) is 35.2. The highest BCUT2D eigenvalue weighted by Gasteiger charge is 2.21. The van der Waals surface area contributed by atoms with Gasteiger partial charge in [-0.25, -0.2) is 4.79 Å². The lowest BCUT2D eigenvalue weighted by Gasteiger charge is -2.19. The van der Waals surface area contributed by atoms with Crippen molar-refractivity contribution in [2.75, 3.05) is 0 Å². The molecule has 0 aliphatic heterocycles. The highest BCUT2D eigenvalue weighted by Crippen LogP contribution is 2.13. The van der Waals surface area contributed by atoms with Gasteiger partial charge in [0.15, 0.2) is 0 Å². The van der Waals surface area contributed by atoms with E-state index in [2.05, 4.69) is 5.32 Å². The summed E-state index contributed by atoms with van der Waals surface area (Å²) in [6.45, 7) is 5.45. The van der Waals surface area contributed by atoms with Crippen molar-refractivity contribution >= 4 is 29.2 Å². The first kappa shape index (κ1) is 20.2. The van der Waals surface area contributed by atoms with Crippen molar-refractivity contribution < 1.29 is 24.2 Å². The summed E-state index contributed by atoms with van der Waals surface area (Å²) in [5.41, 5.74) is -0.489. The highest BCUT2D eigenvalue weighted by atomic mass is 32.1. The van der Waals surface area contributed by atoms with E-state index in [1.54, 1.807) is 17.5 Å². The number of ether oxygens (including phenoxy) is 1. The predicted octanol–water partition coefficient (Wildman–Crippen LogP) is 3.22. The Bertz CT molecular complexity index is 548. The lowest BCUT2D eigenvalue weighted by atomic mass is 10.1. The monoisotopic (exact) mass is 355 g/mol. The van der Waals surface area contributed by atoms with Gasteiger partial charge in [0.1, 0.15) is 11.6 Å². The van der Waals surface area contributed by atoms with Crippen LogP contribution in [0.25, 0.3) is 0 Å². The zero-order valence-electron chi connectivity index (χ0n) is 14.3.